The zero-order valence-corrected chi connectivity index (χ0v) is 11.3. The average Bonchev–Trinajstić information content (AvgIpc) is 2.46. The van der Waals surface area contributed by atoms with E-state index in [9.17, 15) is 5.11 Å². The molecule has 0 spiro atoms. The van der Waals surface area contributed by atoms with Gasteiger partial charge >= 0.3 is 0 Å². The van der Waals surface area contributed by atoms with Crippen LogP contribution in [0.4, 0.5) is 0 Å². The van der Waals surface area contributed by atoms with Gasteiger partial charge in [0.1, 0.15) is 13.2 Å². The first-order valence-corrected chi connectivity index (χ1v) is 5.94. The summed E-state index contributed by atoms with van der Waals surface area (Å²) in [5.41, 5.74) is -0.273. The summed E-state index contributed by atoms with van der Waals surface area (Å²) in [4.78, 5) is 0. The number of aliphatic hydroxyl groups is 1. The lowest BCUT2D eigenvalue weighted by atomic mass is 9.74. The van der Waals surface area contributed by atoms with Gasteiger partial charge in [0.25, 0.3) is 0 Å². The fourth-order valence-electron chi connectivity index (χ4n) is 3.55. The molecule has 0 saturated heterocycles. The standard InChI is InChI=1S/C14H22NO2/c1-7-8-15(5)13(4)12(2,3)10-9-14(13,16)11(10)17-6/h7-9,11,16H,1H2,2-6H3/q+1/b15-8+. The van der Waals surface area contributed by atoms with Gasteiger partial charge in [0.05, 0.1) is 5.41 Å². The Balaban J connectivity index is 2.57. The number of methoxy groups -OCH3 is 1. The van der Waals surface area contributed by atoms with Gasteiger partial charge in [-0.1, -0.05) is 6.58 Å². The molecule has 0 aromatic heterocycles. The molecule has 0 radical (unpaired) electrons. The highest BCUT2D eigenvalue weighted by molar-refractivity contribution is 5.66. The maximum Gasteiger partial charge on any atom is 0.202 e. The first-order valence-electron chi connectivity index (χ1n) is 5.94. The van der Waals surface area contributed by atoms with Gasteiger partial charge in [-0.25, -0.2) is 4.58 Å². The molecule has 1 N–H and O–H groups in total. The van der Waals surface area contributed by atoms with Crippen LogP contribution in [-0.2, 0) is 4.74 Å². The van der Waals surface area contributed by atoms with E-state index in [1.807, 2.05) is 23.9 Å². The summed E-state index contributed by atoms with van der Waals surface area (Å²) in [6, 6.07) is 0. The van der Waals surface area contributed by atoms with E-state index in [1.165, 1.54) is 5.57 Å². The van der Waals surface area contributed by atoms with Crippen LogP contribution in [0.15, 0.2) is 24.3 Å². The molecule has 0 aliphatic heterocycles. The molecule has 17 heavy (non-hydrogen) atoms. The molecule has 0 aromatic carbocycles. The predicted molar refractivity (Wildman–Crippen MR) is 68.5 cm³/mol. The molecule has 1 saturated carbocycles. The van der Waals surface area contributed by atoms with E-state index in [2.05, 4.69) is 27.4 Å². The molecular formula is C14H22NO2+. The minimum Gasteiger partial charge on any atom is -0.376 e. The van der Waals surface area contributed by atoms with Crippen molar-refractivity contribution in [3.63, 3.8) is 0 Å². The van der Waals surface area contributed by atoms with Gasteiger partial charge in [-0.15, -0.1) is 0 Å². The van der Waals surface area contributed by atoms with Crippen LogP contribution in [0.3, 0.4) is 0 Å². The van der Waals surface area contributed by atoms with E-state index in [-0.39, 0.29) is 11.5 Å². The van der Waals surface area contributed by atoms with E-state index in [0.29, 0.717) is 0 Å². The van der Waals surface area contributed by atoms with Crippen molar-refractivity contribution in [2.75, 3.05) is 14.2 Å². The van der Waals surface area contributed by atoms with Crippen molar-refractivity contribution in [3.05, 3.63) is 24.3 Å². The highest BCUT2D eigenvalue weighted by Gasteiger charge is 2.79. The lowest BCUT2D eigenvalue weighted by molar-refractivity contribution is -0.607. The number of ether oxygens (including phenoxy) is 1. The zero-order valence-electron chi connectivity index (χ0n) is 11.3. The van der Waals surface area contributed by atoms with Gasteiger partial charge in [-0.05, 0) is 31.6 Å². The monoisotopic (exact) mass is 236 g/mol. The van der Waals surface area contributed by atoms with Crippen molar-refractivity contribution in [3.8, 4) is 0 Å². The largest absolute Gasteiger partial charge is 0.376 e. The fraction of sp³-hybridized carbons (Fsp3) is 0.643. The van der Waals surface area contributed by atoms with E-state index in [0.717, 1.165) is 0 Å². The number of likely N-dealkylation sites (N-methyl/N-ethyl adjacent to an activating group) is 1. The lowest BCUT2D eigenvalue weighted by Gasteiger charge is -2.40. The second kappa shape index (κ2) is 3.30. The quantitative estimate of drug-likeness (QED) is 0.456. The number of nitrogens with zero attached hydrogens (tertiary/aromatic N) is 1. The summed E-state index contributed by atoms with van der Waals surface area (Å²) >= 11 is 0. The maximum atomic E-state index is 10.9. The van der Waals surface area contributed by atoms with E-state index >= 15 is 0 Å². The Morgan fingerprint density at radius 2 is 2.06 bits per heavy atom. The van der Waals surface area contributed by atoms with Crippen molar-refractivity contribution in [2.24, 2.45) is 5.41 Å². The molecule has 2 bridgehead atoms. The number of hydrogen-bond acceptors (Lipinski definition) is 2. The van der Waals surface area contributed by atoms with Gasteiger partial charge in [-0.2, -0.15) is 0 Å². The molecule has 1 fully saturated rings. The van der Waals surface area contributed by atoms with Gasteiger partial charge in [0.2, 0.25) is 5.54 Å². The molecule has 3 aliphatic carbocycles. The SMILES string of the molecule is C=C/C=[N+](\C)C1(C)C(C)(C)C2=CC1(O)C2OC. The minimum absolute atomic E-state index is 0.128. The third-order valence-electron chi connectivity index (χ3n) is 5.05. The predicted octanol–water partition coefficient (Wildman–Crippen LogP) is 1.37. The number of fused-ring (bicyclic) bond motifs is 1. The van der Waals surface area contributed by atoms with E-state index in [4.69, 9.17) is 4.74 Å². The fourth-order valence-corrected chi connectivity index (χ4v) is 3.55. The molecule has 3 unspecified atom stereocenters. The molecule has 3 rings (SSSR count). The van der Waals surface area contributed by atoms with Crippen molar-refractivity contribution < 1.29 is 14.4 Å². The molecule has 3 atom stereocenters. The Bertz CT molecular complexity index is 436. The second-order valence-corrected chi connectivity index (χ2v) is 5.73. The average molecular weight is 236 g/mol. The highest BCUT2D eigenvalue weighted by Crippen LogP contribution is 2.65. The zero-order chi connectivity index (χ0) is 13.1. The van der Waals surface area contributed by atoms with Gasteiger partial charge in [-0.3, -0.25) is 0 Å². The van der Waals surface area contributed by atoms with Crippen LogP contribution in [0.5, 0.6) is 0 Å². The van der Waals surface area contributed by atoms with Crippen LogP contribution >= 0.6 is 0 Å². The second-order valence-electron chi connectivity index (χ2n) is 5.73. The molecule has 3 aliphatic rings. The Hall–Kier alpha value is -0.930. The summed E-state index contributed by atoms with van der Waals surface area (Å²) in [7, 11) is 3.63. The van der Waals surface area contributed by atoms with Crippen molar-refractivity contribution in [1.82, 2.24) is 0 Å². The summed E-state index contributed by atoms with van der Waals surface area (Å²) in [6.07, 6.45) is 5.41. The highest BCUT2D eigenvalue weighted by atomic mass is 16.5. The summed E-state index contributed by atoms with van der Waals surface area (Å²) in [6.45, 7) is 10.1. The van der Waals surface area contributed by atoms with Crippen LogP contribution < -0.4 is 0 Å². The molecule has 3 nitrogen and oxygen atoms in total. The smallest absolute Gasteiger partial charge is 0.202 e. The topological polar surface area (TPSA) is 32.5 Å². The normalized spacial score (nSPS) is 43.1. The van der Waals surface area contributed by atoms with Crippen molar-refractivity contribution in [1.29, 1.82) is 0 Å². The summed E-state index contributed by atoms with van der Waals surface area (Å²) < 4.78 is 7.50. The molecular weight excluding hydrogens is 214 g/mol. The molecule has 94 valence electrons. The van der Waals surface area contributed by atoms with Gasteiger partial charge < -0.3 is 9.84 Å². The molecule has 0 aromatic rings. The van der Waals surface area contributed by atoms with E-state index in [1.54, 1.807) is 13.2 Å². The van der Waals surface area contributed by atoms with Crippen LogP contribution in [0.25, 0.3) is 0 Å². The molecule has 3 heteroatoms. The first-order chi connectivity index (χ1) is 7.77. The van der Waals surface area contributed by atoms with Crippen LogP contribution in [-0.4, -0.2) is 47.3 Å². The molecule has 0 heterocycles. The van der Waals surface area contributed by atoms with Crippen LogP contribution in [0, 0.1) is 5.41 Å². The Morgan fingerprint density at radius 3 is 2.47 bits per heavy atom. The third kappa shape index (κ3) is 1.07. The number of rotatable bonds is 3. The van der Waals surface area contributed by atoms with Crippen LogP contribution in [0.2, 0.25) is 0 Å². The van der Waals surface area contributed by atoms with Gasteiger partial charge in [0, 0.05) is 14.0 Å². The van der Waals surface area contributed by atoms with Crippen molar-refractivity contribution >= 4 is 6.21 Å². The summed E-state index contributed by atoms with van der Waals surface area (Å²) in [5, 5.41) is 10.9. The van der Waals surface area contributed by atoms with E-state index < -0.39 is 11.1 Å². The Morgan fingerprint density at radius 1 is 1.47 bits per heavy atom. The van der Waals surface area contributed by atoms with Gasteiger partial charge in [0.15, 0.2) is 11.8 Å². The number of allylic oxidation sites excluding steroid dienone is 1. The Kier molecular flexibility index (Phi) is 2.43. The van der Waals surface area contributed by atoms with Crippen molar-refractivity contribution in [2.45, 2.75) is 38.0 Å². The Labute approximate surface area is 103 Å². The third-order valence-corrected chi connectivity index (χ3v) is 5.05. The maximum absolute atomic E-state index is 10.9. The minimum atomic E-state index is -0.922. The first kappa shape index (κ1) is 12.5. The molecule has 0 amide bonds. The summed E-state index contributed by atoms with van der Waals surface area (Å²) in [5.74, 6) is 0. The number of hydrogen-bond donors (Lipinski definition) is 1. The lowest BCUT2D eigenvalue weighted by Crippen LogP contribution is -2.62. The van der Waals surface area contributed by atoms with Crippen LogP contribution in [0.1, 0.15) is 20.8 Å².